The third-order valence-electron chi connectivity index (χ3n) is 2.36. The fourth-order valence-electron chi connectivity index (χ4n) is 1.43. The van der Waals surface area contributed by atoms with Crippen molar-refractivity contribution in [3.8, 4) is 0 Å². The summed E-state index contributed by atoms with van der Waals surface area (Å²) in [6.07, 6.45) is 4.63. The van der Waals surface area contributed by atoms with Gasteiger partial charge in [0.05, 0.1) is 0 Å². The molecule has 17 heavy (non-hydrogen) atoms. The lowest BCUT2D eigenvalue weighted by atomic mass is 10.2. The number of carbonyl (C=O) groups is 2. The quantitative estimate of drug-likeness (QED) is 0.638. The third kappa shape index (κ3) is 12.8. The van der Waals surface area contributed by atoms with Crippen LogP contribution in [0.3, 0.4) is 0 Å². The molecule has 6 heteroatoms. The van der Waals surface area contributed by atoms with Crippen molar-refractivity contribution in [1.29, 1.82) is 0 Å². The molecule has 1 heterocycles. The van der Waals surface area contributed by atoms with E-state index in [1.807, 2.05) is 0 Å². The summed E-state index contributed by atoms with van der Waals surface area (Å²) in [6.45, 7) is 1.75. The number of carboxylic acid groups (broad SMARTS) is 2. The molecular formula is C11H21NO5. The van der Waals surface area contributed by atoms with Crippen LogP contribution in [0.1, 0.15) is 44.9 Å². The van der Waals surface area contributed by atoms with E-state index in [1.54, 1.807) is 0 Å². The smallest absolute Gasteiger partial charge is 0.303 e. The van der Waals surface area contributed by atoms with Crippen LogP contribution < -0.4 is 0 Å². The number of nitrogens with zero attached hydrogens (tertiary/aromatic N) is 1. The molecule has 0 aliphatic carbocycles. The SMILES string of the molecule is O=C(O)CCCCC(=O)O.ON1CCCCC1. The Balaban J connectivity index is 0.000000318. The summed E-state index contributed by atoms with van der Waals surface area (Å²) in [5, 5.41) is 26.4. The van der Waals surface area contributed by atoms with Crippen molar-refractivity contribution in [2.24, 2.45) is 0 Å². The minimum Gasteiger partial charge on any atom is -0.481 e. The number of hydroxylamine groups is 2. The van der Waals surface area contributed by atoms with Crippen molar-refractivity contribution < 1.29 is 25.0 Å². The van der Waals surface area contributed by atoms with Gasteiger partial charge in [-0.3, -0.25) is 9.59 Å². The normalized spacial score (nSPS) is 15.8. The van der Waals surface area contributed by atoms with E-state index < -0.39 is 11.9 Å². The number of piperidine rings is 1. The first-order chi connectivity index (χ1) is 8.02. The summed E-state index contributed by atoms with van der Waals surface area (Å²) in [7, 11) is 0. The van der Waals surface area contributed by atoms with Gasteiger partial charge in [-0.05, 0) is 25.7 Å². The highest BCUT2D eigenvalue weighted by molar-refractivity contribution is 5.67. The molecule has 1 saturated heterocycles. The average molecular weight is 247 g/mol. The van der Waals surface area contributed by atoms with Crippen LogP contribution in [0.4, 0.5) is 0 Å². The number of aliphatic carboxylic acids is 2. The largest absolute Gasteiger partial charge is 0.481 e. The van der Waals surface area contributed by atoms with Crippen LogP contribution in [0, 0.1) is 0 Å². The van der Waals surface area contributed by atoms with Crippen LogP contribution in [0.5, 0.6) is 0 Å². The molecule has 0 aromatic carbocycles. The second-order valence-corrected chi connectivity index (χ2v) is 4.01. The summed E-state index contributed by atoms with van der Waals surface area (Å²) in [4.78, 5) is 19.8. The van der Waals surface area contributed by atoms with E-state index in [0.717, 1.165) is 25.9 Å². The maximum absolute atomic E-state index is 9.90. The van der Waals surface area contributed by atoms with Gasteiger partial charge in [-0.1, -0.05) is 6.42 Å². The van der Waals surface area contributed by atoms with E-state index in [2.05, 4.69) is 0 Å². The minimum absolute atomic E-state index is 0.0628. The zero-order valence-corrected chi connectivity index (χ0v) is 9.97. The number of hydrogen-bond donors (Lipinski definition) is 3. The van der Waals surface area contributed by atoms with Gasteiger partial charge >= 0.3 is 11.9 Å². The zero-order chi connectivity index (χ0) is 13.1. The van der Waals surface area contributed by atoms with Crippen molar-refractivity contribution in [3.63, 3.8) is 0 Å². The van der Waals surface area contributed by atoms with E-state index in [-0.39, 0.29) is 12.8 Å². The molecule has 3 N–H and O–H groups in total. The van der Waals surface area contributed by atoms with Gasteiger partial charge in [-0.2, -0.15) is 5.06 Å². The van der Waals surface area contributed by atoms with Crippen LogP contribution in [0.25, 0.3) is 0 Å². The van der Waals surface area contributed by atoms with Crippen molar-refractivity contribution in [1.82, 2.24) is 5.06 Å². The molecule has 0 saturated carbocycles. The van der Waals surface area contributed by atoms with Gasteiger partial charge in [-0.15, -0.1) is 0 Å². The Morgan fingerprint density at radius 1 is 0.882 bits per heavy atom. The molecule has 6 nitrogen and oxygen atoms in total. The average Bonchev–Trinajstić information content (AvgIpc) is 2.26. The number of hydrogen-bond acceptors (Lipinski definition) is 4. The maximum Gasteiger partial charge on any atom is 0.303 e. The standard InChI is InChI=1S/C6H10O4.C5H11NO/c7-5(8)3-1-2-4-6(9)10;7-6-4-2-1-3-5-6/h1-4H2,(H,7,8)(H,9,10);7H,1-5H2. The second kappa shape index (κ2) is 10.0. The molecule has 0 unspecified atom stereocenters. The van der Waals surface area contributed by atoms with E-state index in [9.17, 15) is 9.59 Å². The molecule has 0 aromatic rings. The van der Waals surface area contributed by atoms with Crippen LogP contribution in [-0.2, 0) is 9.59 Å². The topological polar surface area (TPSA) is 98.1 Å². The van der Waals surface area contributed by atoms with Gasteiger partial charge in [0.25, 0.3) is 0 Å². The van der Waals surface area contributed by atoms with E-state index >= 15 is 0 Å². The summed E-state index contributed by atoms with van der Waals surface area (Å²) in [5.41, 5.74) is 0. The van der Waals surface area contributed by atoms with Gasteiger partial charge in [-0.25, -0.2) is 0 Å². The van der Waals surface area contributed by atoms with Gasteiger partial charge < -0.3 is 15.4 Å². The van der Waals surface area contributed by atoms with Crippen molar-refractivity contribution >= 4 is 11.9 Å². The highest BCUT2D eigenvalue weighted by Crippen LogP contribution is 2.04. The fourth-order valence-corrected chi connectivity index (χ4v) is 1.43. The van der Waals surface area contributed by atoms with Crippen molar-refractivity contribution in [3.05, 3.63) is 0 Å². The maximum atomic E-state index is 9.90. The highest BCUT2D eigenvalue weighted by atomic mass is 16.5. The summed E-state index contributed by atoms with van der Waals surface area (Å²) in [5.74, 6) is -1.74. The monoisotopic (exact) mass is 247 g/mol. The van der Waals surface area contributed by atoms with Crippen LogP contribution in [0.15, 0.2) is 0 Å². The van der Waals surface area contributed by atoms with Crippen molar-refractivity contribution in [2.75, 3.05) is 13.1 Å². The number of carboxylic acids is 2. The molecule has 1 aliphatic rings. The molecule has 0 amide bonds. The number of rotatable bonds is 5. The first-order valence-corrected chi connectivity index (χ1v) is 5.90. The molecule has 0 spiro atoms. The van der Waals surface area contributed by atoms with Crippen LogP contribution in [0.2, 0.25) is 0 Å². The molecule has 0 bridgehead atoms. The van der Waals surface area contributed by atoms with E-state index in [0.29, 0.717) is 12.8 Å². The van der Waals surface area contributed by atoms with E-state index in [1.165, 1.54) is 11.5 Å². The van der Waals surface area contributed by atoms with Gasteiger partial charge in [0, 0.05) is 25.9 Å². The molecule has 1 rings (SSSR count). The Morgan fingerprint density at radius 2 is 1.29 bits per heavy atom. The predicted octanol–water partition coefficient (Wildman–Crippen LogP) is 1.58. The lowest BCUT2D eigenvalue weighted by molar-refractivity contribution is -0.139. The lowest BCUT2D eigenvalue weighted by Gasteiger charge is -2.18. The second-order valence-electron chi connectivity index (χ2n) is 4.01. The Labute approximate surface area is 101 Å². The number of unbranched alkanes of at least 4 members (excludes halogenated alkanes) is 1. The molecule has 0 aromatic heterocycles. The van der Waals surface area contributed by atoms with Crippen LogP contribution >= 0.6 is 0 Å². The molecule has 0 radical (unpaired) electrons. The van der Waals surface area contributed by atoms with E-state index in [4.69, 9.17) is 15.4 Å². The van der Waals surface area contributed by atoms with Gasteiger partial charge in [0.2, 0.25) is 0 Å². The summed E-state index contributed by atoms with van der Waals surface area (Å²) in [6, 6.07) is 0. The van der Waals surface area contributed by atoms with Gasteiger partial charge in [0.1, 0.15) is 0 Å². The first-order valence-electron chi connectivity index (χ1n) is 5.90. The Hall–Kier alpha value is -1.14. The summed E-state index contributed by atoms with van der Waals surface area (Å²) >= 11 is 0. The van der Waals surface area contributed by atoms with Crippen LogP contribution in [-0.4, -0.2) is 45.5 Å². The molecule has 100 valence electrons. The molecule has 0 atom stereocenters. The summed E-state index contributed by atoms with van der Waals surface area (Å²) < 4.78 is 0. The zero-order valence-electron chi connectivity index (χ0n) is 9.97. The lowest BCUT2D eigenvalue weighted by Crippen LogP contribution is -2.25. The fraction of sp³-hybridized carbons (Fsp3) is 0.818. The Morgan fingerprint density at radius 3 is 1.53 bits per heavy atom. The molecule has 1 aliphatic heterocycles. The third-order valence-corrected chi connectivity index (χ3v) is 2.36. The molecule has 1 fully saturated rings. The highest BCUT2D eigenvalue weighted by Gasteiger charge is 2.04. The van der Waals surface area contributed by atoms with Crippen molar-refractivity contribution in [2.45, 2.75) is 44.9 Å². The Bertz CT molecular complexity index is 210. The Kier molecular flexibility index (Phi) is 9.37. The van der Waals surface area contributed by atoms with Gasteiger partial charge in [0.15, 0.2) is 0 Å². The minimum atomic E-state index is -0.870. The molecular weight excluding hydrogens is 226 g/mol. The first kappa shape index (κ1) is 15.9. The predicted molar refractivity (Wildman–Crippen MR) is 61.0 cm³/mol.